The molecule has 0 spiro atoms. The number of pyridine rings is 1. The molecule has 1 unspecified atom stereocenters. The maximum atomic E-state index is 12.2. The first kappa shape index (κ1) is 21.0. The van der Waals surface area contributed by atoms with E-state index in [0.29, 0.717) is 6.61 Å². The summed E-state index contributed by atoms with van der Waals surface area (Å²) in [4.78, 5) is 22.3. The molecular weight excluding hydrogens is 398 g/mol. The molecule has 0 radical (unpaired) electrons. The lowest BCUT2D eigenvalue weighted by molar-refractivity contribution is -0.147. The van der Waals surface area contributed by atoms with Gasteiger partial charge in [-0.05, 0) is 55.0 Å². The summed E-state index contributed by atoms with van der Waals surface area (Å²) in [6, 6.07) is 17.3. The van der Waals surface area contributed by atoms with Gasteiger partial charge in [-0.15, -0.1) is 0 Å². The van der Waals surface area contributed by atoms with Crippen LogP contribution in [0.2, 0.25) is 0 Å². The molecule has 1 fully saturated rings. The van der Waals surface area contributed by atoms with Crippen LogP contribution < -0.4 is 4.90 Å². The molecule has 1 aliphatic carbocycles. The van der Waals surface area contributed by atoms with E-state index >= 15 is 0 Å². The van der Waals surface area contributed by atoms with Crippen LogP contribution in [0.25, 0.3) is 22.0 Å². The third kappa shape index (κ3) is 3.97. The minimum atomic E-state index is -0.0809. The van der Waals surface area contributed by atoms with Gasteiger partial charge in [0.1, 0.15) is 5.82 Å². The minimum absolute atomic E-state index is 0.0600. The molecule has 2 aliphatic rings. The highest BCUT2D eigenvalue weighted by atomic mass is 16.5. The van der Waals surface area contributed by atoms with Gasteiger partial charge in [0.05, 0.1) is 18.2 Å². The molecule has 2 aromatic carbocycles. The van der Waals surface area contributed by atoms with Crippen LogP contribution in [0.5, 0.6) is 0 Å². The van der Waals surface area contributed by atoms with E-state index in [1.54, 1.807) is 0 Å². The predicted octanol–water partition coefficient (Wildman–Crippen LogP) is 4.32. The Hall–Kier alpha value is -2.92. The topological polar surface area (TPSA) is 45.7 Å². The highest BCUT2D eigenvalue weighted by Gasteiger charge is 2.29. The molecule has 0 N–H and O–H groups in total. The standard InChI is InChI=1S/C27H31N3O2/c1-3-29-11-13-30(14-12-29)26-24-8-6-5-7-20(24)18-25(28-26)21-10-9-19-15-23(17-22(19)16-21)27(31)32-4-2/h5-10,16,18,23H,3-4,11-15,17H2,1-2H3. The molecule has 32 heavy (non-hydrogen) atoms. The number of rotatable bonds is 5. The summed E-state index contributed by atoms with van der Waals surface area (Å²) in [5, 5.41) is 2.43. The normalized spacial score (nSPS) is 18.7. The third-order valence-electron chi connectivity index (χ3n) is 6.89. The minimum Gasteiger partial charge on any atom is -0.466 e. The Morgan fingerprint density at radius 3 is 2.56 bits per heavy atom. The average molecular weight is 430 g/mol. The number of aromatic nitrogens is 1. The fourth-order valence-electron chi connectivity index (χ4n) is 5.05. The highest BCUT2D eigenvalue weighted by Crippen LogP contribution is 2.34. The predicted molar refractivity (Wildman–Crippen MR) is 129 cm³/mol. The summed E-state index contributed by atoms with van der Waals surface area (Å²) in [5.74, 6) is 0.941. The molecule has 0 amide bonds. The van der Waals surface area contributed by atoms with E-state index in [0.717, 1.165) is 62.6 Å². The SMILES string of the molecule is CCOC(=O)C1Cc2ccc(-c3cc4ccccc4c(N4CCN(CC)CC4)n3)cc2C1. The summed E-state index contributed by atoms with van der Waals surface area (Å²) >= 11 is 0. The monoisotopic (exact) mass is 429 g/mol. The number of carbonyl (C=O) groups is 1. The molecule has 2 heterocycles. The first-order valence-electron chi connectivity index (χ1n) is 11.8. The number of fused-ring (bicyclic) bond motifs is 2. The molecule has 1 atom stereocenters. The lowest BCUT2D eigenvalue weighted by Crippen LogP contribution is -2.46. The van der Waals surface area contributed by atoms with Crippen LogP contribution in [0, 0.1) is 5.92 Å². The van der Waals surface area contributed by atoms with Gasteiger partial charge in [0.2, 0.25) is 0 Å². The van der Waals surface area contributed by atoms with Crippen molar-refractivity contribution >= 4 is 22.6 Å². The van der Waals surface area contributed by atoms with E-state index in [9.17, 15) is 4.79 Å². The van der Waals surface area contributed by atoms with Gasteiger partial charge in [0.25, 0.3) is 0 Å². The molecule has 5 heteroatoms. The Balaban J connectivity index is 1.48. The second kappa shape index (κ2) is 8.91. The van der Waals surface area contributed by atoms with Crippen molar-refractivity contribution in [2.75, 3.05) is 44.2 Å². The number of benzene rings is 2. The maximum absolute atomic E-state index is 12.2. The molecule has 5 rings (SSSR count). The second-order valence-corrected chi connectivity index (χ2v) is 8.81. The molecular formula is C27H31N3O2. The number of ether oxygens (including phenoxy) is 1. The van der Waals surface area contributed by atoms with E-state index < -0.39 is 0 Å². The number of hydrogen-bond donors (Lipinski definition) is 0. The number of hydrogen-bond acceptors (Lipinski definition) is 5. The van der Waals surface area contributed by atoms with E-state index in [2.05, 4.69) is 65.3 Å². The molecule has 3 aromatic rings. The van der Waals surface area contributed by atoms with E-state index in [-0.39, 0.29) is 11.9 Å². The number of carbonyl (C=O) groups excluding carboxylic acids is 1. The van der Waals surface area contributed by atoms with Crippen molar-refractivity contribution in [3.63, 3.8) is 0 Å². The molecule has 0 bridgehead atoms. The summed E-state index contributed by atoms with van der Waals surface area (Å²) in [7, 11) is 0. The van der Waals surface area contributed by atoms with Crippen molar-refractivity contribution in [2.24, 2.45) is 5.92 Å². The molecule has 166 valence electrons. The Morgan fingerprint density at radius 1 is 1.00 bits per heavy atom. The molecule has 1 saturated heterocycles. The van der Waals surface area contributed by atoms with Crippen molar-refractivity contribution in [3.8, 4) is 11.3 Å². The van der Waals surface area contributed by atoms with Crippen molar-refractivity contribution in [2.45, 2.75) is 26.7 Å². The van der Waals surface area contributed by atoms with Gasteiger partial charge in [-0.1, -0.05) is 43.3 Å². The second-order valence-electron chi connectivity index (χ2n) is 8.81. The lowest BCUT2D eigenvalue weighted by atomic mass is 10.0. The van der Waals surface area contributed by atoms with Crippen LogP contribution >= 0.6 is 0 Å². The quantitative estimate of drug-likeness (QED) is 0.565. The number of anilines is 1. The van der Waals surface area contributed by atoms with Gasteiger partial charge < -0.3 is 14.5 Å². The molecule has 1 aromatic heterocycles. The zero-order valence-electron chi connectivity index (χ0n) is 19.0. The number of esters is 1. The van der Waals surface area contributed by atoms with Crippen LogP contribution in [0.1, 0.15) is 25.0 Å². The molecule has 0 saturated carbocycles. The van der Waals surface area contributed by atoms with E-state index in [1.807, 2.05) is 6.92 Å². The largest absolute Gasteiger partial charge is 0.466 e. The van der Waals surface area contributed by atoms with Crippen molar-refractivity contribution < 1.29 is 9.53 Å². The lowest BCUT2D eigenvalue weighted by Gasteiger charge is -2.35. The van der Waals surface area contributed by atoms with Gasteiger partial charge in [0, 0.05) is 37.1 Å². The zero-order valence-corrected chi connectivity index (χ0v) is 19.0. The first-order valence-corrected chi connectivity index (χ1v) is 11.8. The summed E-state index contributed by atoms with van der Waals surface area (Å²) in [6.07, 6.45) is 1.52. The summed E-state index contributed by atoms with van der Waals surface area (Å²) < 4.78 is 5.26. The van der Waals surface area contributed by atoms with Gasteiger partial charge in [-0.2, -0.15) is 0 Å². The summed E-state index contributed by atoms with van der Waals surface area (Å²) in [6.45, 7) is 9.78. The number of likely N-dealkylation sites (N-methyl/N-ethyl adjacent to an activating group) is 1. The Labute approximate surface area is 190 Å². The van der Waals surface area contributed by atoms with Gasteiger partial charge in [0.15, 0.2) is 0 Å². The van der Waals surface area contributed by atoms with Gasteiger partial charge >= 0.3 is 5.97 Å². The van der Waals surface area contributed by atoms with Gasteiger partial charge in [-0.25, -0.2) is 4.98 Å². The van der Waals surface area contributed by atoms with Crippen molar-refractivity contribution in [1.82, 2.24) is 9.88 Å². The van der Waals surface area contributed by atoms with E-state index in [4.69, 9.17) is 9.72 Å². The van der Waals surface area contributed by atoms with Gasteiger partial charge in [-0.3, -0.25) is 4.79 Å². The average Bonchev–Trinajstić information content (AvgIpc) is 3.27. The highest BCUT2D eigenvalue weighted by molar-refractivity contribution is 5.95. The molecule has 5 nitrogen and oxygen atoms in total. The Morgan fingerprint density at radius 2 is 1.78 bits per heavy atom. The maximum Gasteiger partial charge on any atom is 0.309 e. The van der Waals surface area contributed by atoms with Crippen LogP contribution in [0.15, 0.2) is 48.5 Å². The van der Waals surface area contributed by atoms with Crippen LogP contribution in [0.3, 0.4) is 0 Å². The zero-order chi connectivity index (χ0) is 22.1. The summed E-state index contributed by atoms with van der Waals surface area (Å²) in [5.41, 5.74) is 4.61. The fourth-order valence-corrected chi connectivity index (χ4v) is 5.05. The van der Waals surface area contributed by atoms with E-state index in [1.165, 1.54) is 21.9 Å². The first-order chi connectivity index (χ1) is 15.7. The smallest absolute Gasteiger partial charge is 0.309 e. The van der Waals surface area contributed by atoms with Crippen LogP contribution in [-0.2, 0) is 22.4 Å². The van der Waals surface area contributed by atoms with Crippen molar-refractivity contribution in [3.05, 3.63) is 59.7 Å². The number of piperazine rings is 1. The third-order valence-corrected chi connectivity index (χ3v) is 6.89. The van der Waals surface area contributed by atoms with Crippen LogP contribution in [0.4, 0.5) is 5.82 Å². The molecule has 1 aliphatic heterocycles. The number of nitrogens with zero attached hydrogens (tertiary/aromatic N) is 3. The Bertz CT molecular complexity index is 1130. The van der Waals surface area contributed by atoms with Crippen LogP contribution in [-0.4, -0.2) is 55.2 Å². The fraction of sp³-hybridized carbons (Fsp3) is 0.407. The Kier molecular flexibility index (Phi) is 5.83. The van der Waals surface area contributed by atoms with Crippen molar-refractivity contribution in [1.29, 1.82) is 0 Å².